The predicted molar refractivity (Wildman–Crippen MR) is 67.9 cm³/mol. The topological polar surface area (TPSA) is 26.3 Å². The lowest BCUT2D eigenvalue weighted by Gasteiger charge is -2.36. The summed E-state index contributed by atoms with van der Waals surface area (Å²) < 4.78 is 6.22. The van der Waals surface area contributed by atoms with Gasteiger partial charge in [0.05, 0.1) is 0 Å². The van der Waals surface area contributed by atoms with Crippen molar-refractivity contribution in [1.29, 1.82) is 0 Å². The van der Waals surface area contributed by atoms with Crippen LogP contribution in [0.4, 0.5) is 0 Å². The minimum Gasteiger partial charge on any atom is -0.417 e. The van der Waals surface area contributed by atoms with E-state index in [2.05, 4.69) is 33.9 Å². The van der Waals surface area contributed by atoms with E-state index in [-0.39, 0.29) is 0 Å². The lowest BCUT2D eigenvalue weighted by atomic mass is 10.1. The second kappa shape index (κ2) is 3.67. The van der Waals surface area contributed by atoms with Gasteiger partial charge in [0, 0.05) is 19.4 Å². The van der Waals surface area contributed by atoms with Crippen molar-refractivity contribution in [3.8, 4) is 0 Å². The van der Waals surface area contributed by atoms with Crippen molar-refractivity contribution in [3.05, 3.63) is 0 Å². The van der Waals surface area contributed by atoms with Gasteiger partial charge in [-0.25, -0.2) is 0 Å². The molecule has 0 aromatic carbocycles. The molecule has 2 aliphatic carbocycles. The van der Waals surface area contributed by atoms with Crippen LogP contribution in [-0.4, -0.2) is 20.7 Å². The molecule has 0 aliphatic heterocycles. The van der Waals surface area contributed by atoms with Gasteiger partial charge in [-0.05, 0) is 35.9 Å². The first-order valence-electron chi connectivity index (χ1n) is 6.38. The van der Waals surface area contributed by atoms with Crippen molar-refractivity contribution < 1.29 is 9.22 Å². The molecule has 0 bridgehead atoms. The molecule has 3 heteroatoms. The fourth-order valence-corrected chi connectivity index (χ4v) is 3.55. The van der Waals surface area contributed by atoms with Crippen LogP contribution in [0.25, 0.3) is 0 Å². The second-order valence-corrected chi connectivity index (χ2v) is 11.8. The lowest BCUT2D eigenvalue weighted by molar-refractivity contribution is -0.118. The third kappa shape index (κ3) is 2.12. The molecule has 2 nitrogen and oxygen atoms in total. The fourth-order valence-electron chi connectivity index (χ4n) is 2.51. The quantitative estimate of drug-likeness (QED) is 0.708. The van der Waals surface area contributed by atoms with Gasteiger partial charge < -0.3 is 4.43 Å². The first-order valence-corrected chi connectivity index (χ1v) is 9.29. The highest BCUT2D eigenvalue weighted by atomic mass is 28.4. The third-order valence-corrected chi connectivity index (χ3v) is 9.38. The second-order valence-electron chi connectivity index (χ2n) is 7.01. The maximum Gasteiger partial charge on any atom is 0.191 e. The van der Waals surface area contributed by atoms with Gasteiger partial charge in [0.1, 0.15) is 5.78 Å². The van der Waals surface area contributed by atoms with Gasteiger partial charge in [0.15, 0.2) is 8.32 Å². The van der Waals surface area contributed by atoms with E-state index in [9.17, 15) is 4.79 Å². The van der Waals surface area contributed by atoms with Gasteiger partial charge in [-0.15, -0.1) is 0 Å². The maximum atomic E-state index is 11.2. The number of fused-ring (bicyclic) bond motifs is 1. The Morgan fingerprint density at radius 3 is 2.19 bits per heavy atom. The zero-order valence-electron chi connectivity index (χ0n) is 11.2. The molecule has 1 unspecified atom stereocenters. The monoisotopic (exact) mass is 240 g/mol. The lowest BCUT2D eigenvalue weighted by Crippen LogP contribution is -2.41. The number of ketones is 1. The molecule has 16 heavy (non-hydrogen) atoms. The van der Waals surface area contributed by atoms with Crippen LogP contribution in [0.2, 0.25) is 18.1 Å². The maximum absolute atomic E-state index is 11.2. The summed E-state index contributed by atoms with van der Waals surface area (Å²) in [6.07, 6.45) is 1.66. The fraction of sp³-hybridized carbons (Fsp3) is 0.923. The van der Waals surface area contributed by atoms with Crippen molar-refractivity contribution in [3.63, 3.8) is 0 Å². The van der Waals surface area contributed by atoms with Crippen LogP contribution in [-0.2, 0) is 9.22 Å². The summed E-state index contributed by atoms with van der Waals surface area (Å²) in [5.74, 6) is 2.53. The molecule has 2 fully saturated rings. The van der Waals surface area contributed by atoms with E-state index >= 15 is 0 Å². The summed E-state index contributed by atoms with van der Waals surface area (Å²) in [6.45, 7) is 12.3. The van der Waals surface area contributed by atoms with Crippen LogP contribution in [0, 0.1) is 17.8 Å². The van der Waals surface area contributed by atoms with Gasteiger partial charge in [-0.1, -0.05) is 20.8 Å². The molecular weight excluding hydrogens is 216 g/mol. The van der Waals surface area contributed by atoms with E-state index in [4.69, 9.17) is 4.43 Å². The van der Waals surface area contributed by atoms with Gasteiger partial charge in [0.25, 0.3) is 0 Å². The summed E-state index contributed by atoms with van der Waals surface area (Å²) in [7, 11) is -1.58. The highest BCUT2D eigenvalue weighted by Gasteiger charge is 2.56. The third-order valence-electron chi connectivity index (χ3n) is 4.88. The molecule has 0 amide bonds. The van der Waals surface area contributed by atoms with E-state index in [0.717, 1.165) is 19.4 Å². The van der Waals surface area contributed by atoms with Gasteiger partial charge >= 0.3 is 0 Å². The molecule has 0 spiro atoms. The normalized spacial score (nSPS) is 34.1. The zero-order valence-corrected chi connectivity index (χ0v) is 12.2. The largest absolute Gasteiger partial charge is 0.417 e. The Labute approximate surface area is 99.9 Å². The first-order chi connectivity index (χ1) is 7.22. The smallest absolute Gasteiger partial charge is 0.191 e. The Hall–Kier alpha value is -0.153. The van der Waals surface area contributed by atoms with Gasteiger partial charge in [-0.3, -0.25) is 4.79 Å². The molecular formula is C13H24O2Si. The van der Waals surface area contributed by atoms with E-state index in [1.54, 1.807) is 0 Å². The minimum atomic E-state index is -1.58. The van der Waals surface area contributed by atoms with E-state index < -0.39 is 8.32 Å². The molecule has 0 N–H and O–H groups in total. The van der Waals surface area contributed by atoms with Crippen molar-refractivity contribution in [2.45, 2.75) is 51.7 Å². The SMILES string of the molecule is CC(C)(C)[Si](C)(C)OCC1[C@H]2CC(=O)C[C@@H]12. The Bertz CT molecular complexity index is 290. The van der Waals surface area contributed by atoms with Gasteiger partial charge in [-0.2, -0.15) is 0 Å². The summed E-state index contributed by atoms with van der Waals surface area (Å²) in [6, 6.07) is 0. The Morgan fingerprint density at radius 1 is 1.25 bits per heavy atom. The van der Waals surface area contributed by atoms with E-state index in [0.29, 0.717) is 28.6 Å². The number of hydrogen-bond donors (Lipinski definition) is 0. The molecule has 3 atom stereocenters. The van der Waals surface area contributed by atoms with Crippen LogP contribution in [0.5, 0.6) is 0 Å². The molecule has 0 radical (unpaired) electrons. The summed E-state index contributed by atoms with van der Waals surface area (Å²) in [5.41, 5.74) is 0. The first kappa shape index (κ1) is 12.3. The number of carbonyl (C=O) groups is 1. The number of Topliss-reactive ketones (excluding diaryl/α,β-unsaturated/α-hetero) is 1. The summed E-state index contributed by atoms with van der Waals surface area (Å²) in [5, 5.41) is 0.298. The Kier molecular flexibility index (Phi) is 2.82. The molecule has 2 rings (SSSR count). The van der Waals surface area contributed by atoms with Crippen LogP contribution in [0.1, 0.15) is 33.6 Å². The zero-order chi connectivity index (χ0) is 12.1. The molecule has 0 aromatic rings. The standard InChI is InChI=1S/C13H24O2Si/c1-13(2,3)16(4,5)15-8-12-10-6-9(14)7-11(10)12/h10-12H,6-8H2,1-5H3/t10-,11+,12?. The number of rotatable bonds is 3. The molecule has 0 aromatic heterocycles. The molecule has 2 aliphatic rings. The molecule has 0 heterocycles. The molecule has 92 valence electrons. The summed E-state index contributed by atoms with van der Waals surface area (Å²) >= 11 is 0. The Morgan fingerprint density at radius 2 is 1.75 bits per heavy atom. The van der Waals surface area contributed by atoms with Crippen molar-refractivity contribution in [2.75, 3.05) is 6.61 Å². The Balaban J connectivity index is 1.80. The number of carbonyl (C=O) groups excluding carboxylic acids is 1. The summed E-state index contributed by atoms with van der Waals surface area (Å²) in [4.78, 5) is 11.2. The van der Waals surface area contributed by atoms with E-state index in [1.165, 1.54) is 0 Å². The number of hydrogen-bond acceptors (Lipinski definition) is 2. The van der Waals surface area contributed by atoms with Crippen molar-refractivity contribution in [1.82, 2.24) is 0 Å². The van der Waals surface area contributed by atoms with Crippen LogP contribution in [0.15, 0.2) is 0 Å². The van der Waals surface area contributed by atoms with Crippen molar-refractivity contribution in [2.24, 2.45) is 17.8 Å². The van der Waals surface area contributed by atoms with Crippen molar-refractivity contribution >= 4 is 14.1 Å². The highest BCUT2D eigenvalue weighted by molar-refractivity contribution is 6.74. The highest BCUT2D eigenvalue weighted by Crippen LogP contribution is 2.56. The van der Waals surface area contributed by atoms with Gasteiger partial charge in [0.2, 0.25) is 0 Å². The average Bonchev–Trinajstić information content (AvgIpc) is 2.56. The van der Waals surface area contributed by atoms with Crippen LogP contribution < -0.4 is 0 Å². The molecule has 2 saturated carbocycles. The van der Waals surface area contributed by atoms with Crippen LogP contribution in [0.3, 0.4) is 0 Å². The molecule has 0 saturated heterocycles. The average molecular weight is 240 g/mol. The predicted octanol–water partition coefficient (Wildman–Crippen LogP) is 3.23. The minimum absolute atomic E-state index is 0.298. The van der Waals surface area contributed by atoms with Crippen LogP contribution >= 0.6 is 0 Å². The van der Waals surface area contributed by atoms with E-state index in [1.807, 2.05) is 0 Å².